The summed E-state index contributed by atoms with van der Waals surface area (Å²) in [6.45, 7) is 7.96. The highest BCUT2D eigenvalue weighted by molar-refractivity contribution is 5.79. The van der Waals surface area contributed by atoms with E-state index in [0.717, 1.165) is 31.8 Å². The van der Waals surface area contributed by atoms with Crippen LogP contribution in [0.5, 0.6) is 0 Å². The molecule has 3 rings (SSSR count). The van der Waals surface area contributed by atoms with Crippen LogP contribution in [-0.2, 0) is 4.79 Å². The fourth-order valence-corrected chi connectivity index (χ4v) is 3.39. The molecule has 0 radical (unpaired) electrons. The number of piperazine rings is 1. The normalized spacial score (nSPS) is 26.0. The second kappa shape index (κ2) is 6.90. The molecular weight excluding hydrogens is 250 g/mol. The molecule has 1 heterocycles. The maximum absolute atomic E-state index is 11.7. The lowest BCUT2D eigenvalue weighted by molar-refractivity contribution is -0.127. The van der Waals surface area contributed by atoms with Gasteiger partial charge >= 0.3 is 0 Å². The Balaban J connectivity index is 1.25. The Morgan fingerprint density at radius 1 is 0.950 bits per heavy atom. The number of hydrogen-bond acceptors (Lipinski definition) is 3. The predicted octanol–water partition coefficient (Wildman–Crippen LogP) is 1.32. The summed E-state index contributed by atoms with van der Waals surface area (Å²) in [5.74, 6) is 1.61. The molecule has 0 bridgehead atoms. The molecule has 20 heavy (non-hydrogen) atoms. The van der Waals surface area contributed by atoms with Gasteiger partial charge in [0.1, 0.15) is 0 Å². The van der Waals surface area contributed by atoms with Crippen molar-refractivity contribution in [3.63, 3.8) is 0 Å². The van der Waals surface area contributed by atoms with Gasteiger partial charge < -0.3 is 10.2 Å². The Kier molecular flexibility index (Phi) is 4.94. The average Bonchev–Trinajstić information content (AvgIpc) is 2.33. The van der Waals surface area contributed by atoms with Gasteiger partial charge in [-0.3, -0.25) is 9.69 Å². The monoisotopic (exact) mass is 279 g/mol. The van der Waals surface area contributed by atoms with E-state index in [1.807, 2.05) is 0 Å². The van der Waals surface area contributed by atoms with Crippen molar-refractivity contribution in [1.29, 1.82) is 0 Å². The minimum atomic E-state index is 0.292. The molecule has 0 spiro atoms. The molecule has 0 aromatic heterocycles. The SMILES string of the molecule is O=C(NCCN1CCN(CC2CCC2)CC1)C1CCC1. The zero-order valence-corrected chi connectivity index (χ0v) is 12.6. The number of nitrogens with zero attached hydrogens (tertiary/aromatic N) is 2. The molecule has 4 nitrogen and oxygen atoms in total. The summed E-state index contributed by atoms with van der Waals surface area (Å²) in [4.78, 5) is 16.9. The predicted molar refractivity (Wildman–Crippen MR) is 80.6 cm³/mol. The first-order chi connectivity index (χ1) is 9.81. The quantitative estimate of drug-likeness (QED) is 0.796. The van der Waals surface area contributed by atoms with Crippen LogP contribution in [0.3, 0.4) is 0 Å². The van der Waals surface area contributed by atoms with Crippen LogP contribution in [0.2, 0.25) is 0 Å². The topological polar surface area (TPSA) is 35.6 Å². The van der Waals surface area contributed by atoms with Crippen molar-refractivity contribution in [2.24, 2.45) is 11.8 Å². The fourth-order valence-electron chi connectivity index (χ4n) is 3.39. The minimum Gasteiger partial charge on any atom is -0.355 e. The molecule has 4 heteroatoms. The zero-order chi connectivity index (χ0) is 13.8. The third-order valence-electron chi connectivity index (χ3n) is 5.41. The van der Waals surface area contributed by atoms with E-state index in [1.54, 1.807) is 0 Å². The fraction of sp³-hybridized carbons (Fsp3) is 0.938. The molecule has 1 N–H and O–H groups in total. The Morgan fingerprint density at radius 3 is 2.15 bits per heavy atom. The number of carbonyl (C=O) groups is 1. The standard InChI is InChI=1S/C16H29N3O/c20-16(15-5-2-6-15)17-7-8-18-9-11-19(12-10-18)13-14-3-1-4-14/h14-15H,1-13H2,(H,17,20). The van der Waals surface area contributed by atoms with Gasteiger partial charge in [-0.15, -0.1) is 0 Å². The van der Waals surface area contributed by atoms with Crippen LogP contribution < -0.4 is 5.32 Å². The van der Waals surface area contributed by atoms with Crippen molar-refractivity contribution in [3.8, 4) is 0 Å². The smallest absolute Gasteiger partial charge is 0.223 e. The van der Waals surface area contributed by atoms with Crippen molar-refractivity contribution in [3.05, 3.63) is 0 Å². The highest BCUT2D eigenvalue weighted by atomic mass is 16.1. The summed E-state index contributed by atoms with van der Waals surface area (Å²) in [5.41, 5.74) is 0. The number of amides is 1. The second-order valence-electron chi connectivity index (χ2n) is 6.86. The van der Waals surface area contributed by atoms with Crippen molar-refractivity contribution in [1.82, 2.24) is 15.1 Å². The Hall–Kier alpha value is -0.610. The van der Waals surface area contributed by atoms with Crippen LogP contribution >= 0.6 is 0 Å². The summed E-state index contributed by atoms with van der Waals surface area (Å²) in [7, 11) is 0. The molecule has 3 aliphatic rings. The van der Waals surface area contributed by atoms with Gasteiger partial charge in [-0.25, -0.2) is 0 Å². The number of rotatable bonds is 6. The van der Waals surface area contributed by atoms with Crippen molar-refractivity contribution in [2.75, 3.05) is 45.8 Å². The van der Waals surface area contributed by atoms with Crippen LogP contribution in [0.25, 0.3) is 0 Å². The van der Waals surface area contributed by atoms with E-state index in [0.29, 0.717) is 11.8 Å². The van der Waals surface area contributed by atoms with Gasteiger partial charge in [0.05, 0.1) is 0 Å². The van der Waals surface area contributed by atoms with Crippen LogP contribution in [0.1, 0.15) is 38.5 Å². The molecule has 3 fully saturated rings. The van der Waals surface area contributed by atoms with Gasteiger partial charge in [0.2, 0.25) is 5.91 Å². The van der Waals surface area contributed by atoms with E-state index >= 15 is 0 Å². The Bertz CT molecular complexity index is 318. The largest absolute Gasteiger partial charge is 0.355 e. The van der Waals surface area contributed by atoms with Gasteiger partial charge in [-0.05, 0) is 31.6 Å². The van der Waals surface area contributed by atoms with E-state index < -0.39 is 0 Å². The molecule has 114 valence electrons. The van der Waals surface area contributed by atoms with E-state index in [9.17, 15) is 4.79 Å². The molecule has 0 atom stereocenters. The Labute approximate surface area is 122 Å². The van der Waals surface area contributed by atoms with Gasteiger partial charge in [-0.1, -0.05) is 12.8 Å². The summed E-state index contributed by atoms with van der Waals surface area (Å²) in [6, 6.07) is 0. The lowest BCUT2D eigenvalue weighted by Gasteiger charge is -2.38. The highest BCUT2D eigenvalue weighted by Crippen LogP contribution is 2.27. The maximum Gasteiger partial charge on any atom is 0.223 e. The van der Waals surface area contributed by atoms with Gasteiger partial charge in [0.15, 0.2) is 0 Å². The van der Waals surface area contributed by atoms with E-state index in [4.69, 9.17) is 0 Å². The molecule has 1 aliphatic heterocycles. The number of carbonyl (C=O) groups excluding carboxylic acids is 1. The van der Waals surface area contributed by atoms with Crippen molar-refractivity contribution >= 4 is 5.91 Å². The second-order valence-corrected chi connectivity index (χ2v) is 6.86. The third kappa shape index (κ3) is 3.73. The molecule has 0 aromatic rings. The third-order valence-corrected chi connectivity index (χ3v) is 5.41. The van der Waals surface area contributed by atoms with E-state index in [1.165, 1.54) is 58.4 Å². The van der Waals surface area contributed by atoms with Crippen LogP contribution in [-0.4, -0.2) is 61.5 Å². The van der Waals surface area contributed by atoms with E-state index in [2.05, 4.69) is 15.1 Å². The molecule has 1 saturated heterocycles. The lowest BCUT2D eigenvalue weighted by Crippen LogP contribution is -2.50. The molecule has 0 unspecified atom stereocenters. The summed E-state index contributed by atoms with van der Waals surface area (Å²) in [5, 5.41) is 3.10. The maximum atomic E-state index is 11.7. The summed E-state index contributed by atoms with van der Waals surface area (Å²) < 4.78 is 0. The van der Waals surface area contributed by atoms with E-state index in [-0.39, 0.29) is 0 Å². The summed E-state index contributed by atoms with van der Waals surface area (Å²) >= 11 is 0. The first kappa shape index (κ1) is 14.3. The average molecular weight is 279 g/mol. The van der Waals surface area contributed by atoms with Crippen molar-refractivity contribution in [2.45, 2.75) is 38.5 Å². The highest BCUT2D eigenvalue weighted by Gasteiger charge is 2.25. The first-order valence-electron chi connectivity index (χ1n) is 8.53. The van der Waals surface area contributed by atoms with Gasteiger partial charge in [-0.2, -0.15) is 0 Å². The van der Waals surface area contributed by atoms with Crippen molar-refractivity contribution < 1.29 is 4.79 Å². The molecule has 1 amide bonds. The summed E-state index contributed by atoms with van der Waals surface area (Å²) in [6.07, 6.45) is 7.80. The van der Waals surface area contributed by atoms with Gasteiger partial charge in [0, 0.05) is 51.7 Å². The van der Waals surface area contributed by atoms with Gasteiger partial charge in [0.25, 0.3) is 0 Å². The Morgan fingerprint density at radius 2 is 1.60 bits per heavy atom. The van der Waals surface area contributed by atoms with Crippen LogP contribution in [0.15, 0.2) is 0 Å². The first-order valence-corrected chi connectivity index (χ1v) is 8.53. The number of hydrogen-bond donors (Lipinski definition) is 1. The van der Waals surface area contributed by atoms with Crippen LogP contribution in [0.4, 0.5) is 0 Å². The number of nitrogens with one attached hydrogen (secondary N) is 1. The van der Waals surface area contributed by atoms with Crippen LogP contribution in [0, 0.1) is 11.8 Å². The molecule has 2 saturated carbocycles. The molecule has 0 aromatic carbocycles. The molecular formula is C16H29N3O. The zero-order valence-electron chi connectivity index (χ0n) is 12.6. The minimum absolute atomic E-state index is 0.292. The lowest BCUT2D eigenvalue weighted by atomic mass is 9.85. The molecule has 2 aliphatic carbocycles.